The summed E-state index contributed by atoms with van der Waals surface area (Å²) in [4.78, 5) is 3.66. The Labute approximate surface area is 157 Å². The van der Waals surface area contributed by atoms with Crippen LogP contribution in [0, 0.1) is 0 Å². The Morgan fingerprint density at radius 2 is 1.77 bits per heavy atom. The second kappa shape index (κ2) is 6.86. The van der Waals surface area contributed by atoms with E-state index < -0.39 is 0 Å². The molecule has 3 aromatic heterocycles. The molecule has 140 valence electrons. The van der Waals surface area contributed by atoms with Crippen molar-refractivity contribution in [2.45, 2.75) is 71.3 Å². The Balaban J connectivity index is 1.70. The smallest absolute Gasteiger partial charge is 0.109 e. The molecule has 26 heavy (non-hydrogen) atoms. The van der Waals surface area contributed by atoms with Crippen LogP contribution in [-0.2, 0) is 23.7 Å². The van der Waals surface area contributed by atoms with Crippen molar-refractivity contribution >= 4 is 0 Å². The molecule has 0 aliphatic rings. The lowest BCUT2D eigenvalue weighted by Gasteiger charge is -2.23. The molecule has 3 nitrogen and oxygen atoms in total. The normalized spacial score (nSPS) is 13.9. The highest BCUT2D eigenvalue weighted by atomic mass is 16.3. The van der Waals surface area contributed by atoms with Crippen LogP contribution in [0.4, 0.5) is 0 Å². The first-order valence-corrected chi connectivity index (χ1v) is 9.54. The van der Waals surface area contributed by atoms with Gasteiger partial charge in [0.05, 0.1) is 6.26 Å². The number of furan rings is 1. The van der Waals surface area contributed by atoms with Crippen LogP contribution in [0.5, 0.6) is 0 Å². The molecule has 0 saturated heterocycles. The Kier molecular flexibility index (Phi) is 4.92. The van der Waals surface area contributed by atoms with E-state index in [2.05, 4.69) is 93.8 Å². The van der Waals surface area contributed by atoms with Crippen LogP contribution in [-0.4, -0.2) is 9.55 Å². The first-order chi connectivity index (χ1) is 12.1. The van der Waals surface area contributed by atoms with Gasteiger partial charge < -0.3 is 14.0 Å². The Hall–Kier alpha value is -2.16. The van der Waals surface area contributed by atoms with E-state index >= 15 is 0 Å². The maximum absolute atomic E-state index is 5.80. The lowest BCUT2D eigenvalue weighted by Crippen LogP contribution is -2.21. The second-order valence-electron chi connectivity index (χ2n) is 9.21. The highest BCUT2D eigenvalue weighted by Gasteiger charge is 2.26. The lowest BCUT2D eigenvalue weighted by molar-refractivity contribution is 0.408. The standard InChI is InChI=1S/C23H32N2O/c1-17(25-11-7-8-12-25)13-19-9-10-20(24-19)23(5,6)15-18-14-21(26-16-18)22(2,3)4/h7-12,14,16-17,24H,13,15H2,1-6H3. The Morgan fingerprint density at radius 1 is 1.08 bits per heavy atom. The molecule has 0 saturated carbocycles. The van der Waals surface area contributed by atoms with Gasteiger partial charge in [-0.2, -0.15) is 0 Å². The zero-order valence-corrected chi connectivity index (χ0v) is 17.0. The van der Waals surface area contributed by atoms with Crippen LogP contribution in [0.2, 0.25) is 0 Å². The van der Waals surface area contributed by atoms with Gasteiger partial charge in [0.25, 0.3) is 0 Å². The van der Waals surface area contributed by atoms with E-state index in [0.29, 0.717) is 6.04 Å². The predicted octanol–water partition coefficient (Wildman–Crippen LogP) is 6.03. The van der Waals surface area contributed by atoms with Crippen molar-refractivity contribution in [2.24, 2.45) is 0 Å². The van der Waals surface area contributed by atoms with E-state index in [4.69, 9.17) is 4.42 Å². The molecular formula is C23H32N2O. The molecule has 3 aromatic rings. The van der Waals surface area contributed by atoms with Gasteiger partial charge in [-0.3, -0.25) is 0 Å². The maximum Gasteiger partial charge on any atom is 0.109 e. The minimum absolute atomic E-state index is 0.0357. The number of H-pyrrole nitrogens is 1. The topological polar surface area (TPSA) is 33.9 Å². The van der Waals surface area contributed by atoms with Gasteiger partial charge in [-0.05, 0) is 49.2 Å². The van der Waals surface area contributed by atoms with Gasteiger partial charge >= 0.3 is 0 Å². The SMILES string of the molecule is CC(Cc1ccc(C(C)(C)Cc2coc(C(C)(C)C)c2)[nH]1)n1cccc1. The van der Waals surface area contributed by atoms with Crippen LogP contribution in [0.3, 0.4) is 0 Å². The quantitative estimate of drug-likeness (QED) is 0.577. The summed E-state index contributed by atoms with van der Waals surface area (Å²) in [7, 11) is 0. The summed E-state index contributed by atoms with van der Waals surface area (Å²) in [5.74, 6) is 1.05. The van der Waals surface area contributed by atoms with Crippen molar-refractivity contribution in [2.75, 3.05) is 0 Å². The van der Waals surface area contributed by atoms with Crippen molar-refractivity contribution in [1.29, 1.82) is 0 Å². The van der Waals surface area contributed by atoms with Gasteiger partial charge in [0, 0.05) is 47.1 Å². The summed E-state index contributed by atoms with van der Waals surface area (Å²) >= 11 is 0. The van der Waals surface area contributed by atoms with E-state index in [1.807, 2.05) is 6.26 Å². The zero-order valence-electron chi connectivity index (χ0n) is 17.0. The third kappa shape index (κ3) is 4.14. The van der Waals surface area contributed by atoms with Gasteiger partial charge in [-0.1, -0.05) is 34.6 Å². The van der Waals surface area contributed by atoms with Crippen LogP contribution in [0.15, 0.2) is 53.4 Å². The molecule has 3 heteroatoms. The summed E-state index contributed by atoms with van der Waals surface area (Å²) in [6.07, 6.45) is 8.14. The molecule has 1 atom stereocenters. The van der Waals surface area contributed by atoms with Crippen LogP contribution in [0.1, 0.15) is 70.3 Å². The number of hydrogen-bond acceptors (Lipinski definition) is 1. The minimum atomic E-state index is 0.0357. The van der Waals surface area contributed by atoms with Gasteiger partial charge in [-0.15, -0.1) is 0 Å². The van der Waals surface area contributed by atoms with E-state index in [-0.39, 0.29) is 10.8 Å². The minimum Gasteiger partial charge on any atom is -0.469 e. The molecule has 0 aliphatic carbocycles. The lowest BCUT2D eigenvalue weighted by atomic mass is 9.83. The van der Waals surface area contributed by atoms with Crippen molar-refractivity contribution in [3.63, 3.8) is 0 Å². The molecule has 3 rings (SSSR count). The first-order valence-electron chi connectivity index (χ1n) is 9.54. The molecule has 0 radical (unpaired) electrons. The fraction of sp³-hybridized carbons (Fsp3) is 0.478. The van der Waals surface area contributed by atoms with Crippen molar-refractivity contribution in [1.82, 2.24) is 9.55 Å². The summed E-state index contributed by atoms with van der Waals surface area (Å²) in [5, 5.41) is 0. The second-order valence-corrected chi connectivity index (χ2v) is 9.21. The number of aromatic amines is 1. The molecule has 0 amide bonds. The van der Waals surface area contributed by atoms with Gasteiger partial charge in [-0.25, -0.2) is 0 Å². The van der Waals surface area contributed by atoms with Gasteiger partial charge in [0.15, 0.2) is 0 Å². The molecule has 1 N–H and O–H groups in total. The van der Waals surface area contributed by atoms with E-state index in [1.54, 1.807) is 0 Å². The molecule has 1 unspecified atom stereocenters. The third-order valence-electron chi connectivity index (χ3n) is 5.17. The highest BCUT2D eigenvalue weighted by Crippen LogP contribution is 2.31. The molecule has 0 aromatic carbocycles. The van der Waals surface area contributed by atoms with Crippen molar-refractivity contribution < 1.29 is 4.42 Å². The van der Waals surface area contributed by atoms with E-state index in [9.17, 15) is 0 Å². The zero-order chi connectivity index (χ0) is 18.9. The third-order valence-corrected chi connectivity index (χ3v) is 5.17. The van der Waals surface area contributed by atoms with Crippen LogP contribution < -0.4 is 0 Å². The Morgan fingerprint density at radius 3 is 2.38 bits per heavy atom. The number of nitrogens with one attached hydrogen (secondary N) is 1. The molecule has 0 fully saturated rings. The first kappa shape index (κ1) is 18.6. The fourth-order valence-electron chi connectivity index (χ4n) is 3.49. The number of nitrogens with zero attached hydrogens (tertiary/aromatic N) is 1. The average Bonchev–Trinajstić information content (AvgIpc) is 3.27. The van der Waals surface area contributed by atoms with Gasteiger partial charge in [0.2, 0.25) is 0 Å². The largest absolute Gasteiger partial charge is 0.469 e. The highest BCUT2D eigenvalue weighted by molar-refractivity contribution is 5.26. The summed E-state index contributed by atoms with van der Waals surface area (Å²) in [5.41, 5.74) is 3.92. The number of hydrogen-bond donors (Lipinski definition) is 1. The molecule has 0 spiro atoms. The monoisotopic (exact) mass is 352 g/mol. The molecule has 0 aliphatic heterocycles. The molecular weight excluding hydrogens is 320 g/mol. The summed E-state index contributed by atoms with van der Waals surface area (Å²) < 4.78 is 8.05. The summed E-state index contributed by atoms with van der Waals surface area (Å²) in [6.45, 7) is 13.4. The van der Waals surface area contributed by atoms with E-state index in [1.165, 1.54) is 17.0 Å². The Bertz CT molecular complexity index is 828. The van der Waals surface area contributed by atoms with Crippen molar-refractivity contribution in [3.8, 4) is 0 Å². The molecule has 0 bridgehead atoms. The van der Waals surface area contributed by atoms with Crippen LogP contribution >= 0.6 is 0 Å². The predicted molar refractivity (Wildman–Crippen MR) is 108 cm³/mol. The van der Waals surface area contributed by atoms with Crippen molar-refractivity contribution in [3.05, 3.63) is 71.7 Å². The number of rotatable bonds is 6. The van der Waals surface area contributed by atoms with Gasteiger partial charge in [0.1, 0.15) is 5.76 Å². The molecule has 3 heterocycles. The number of aromatic nitrogens is 2. The maximum atomic E-state index is 5.80. The van der Waals surface area contributed by atoms with E-state index in [0.717, 1.165) is 18.6 Å². The fourth-order valence-corrected chi connectivity index (χ4v) is 3.49. The van der Waals surface area contributed by atoms with Crippen LogP contribution in [0.25, 0.3) is 0 Å². The summed E-state index contributed by atoms with van der Waals surface area (Å²) in [6, 6.07) is 11.3. The average molecular weight is 353 g/mol.